The normalized spacial score (nSPS) is 13.7. The first-order valence-electron chi connectivity index (χ1n) is 9.83. The molecule has 0 aliphatic carbocycles. The average Bonchev–Trinajstić information content (AvgIpc) is 3.44. The first-order valence-corrected chi connectivity index (χ1v) is 9.83. The fraction of sp³-hybridized carbons (Fsp3) is 0.174. The van der Waals surface area contributed by atoms with E-state index in [0.717, 1.165) is 46.5 Å². The minimum Gasteiger partial charge on any atom is -0.370 e. The predicted molar refractivity (Wildman–Crippen MR) is 115 cm³/mol. The van der Waals surface area contributed by atoms with E-state index in [9.17, 15) is 4.79 Å². The third-order valence-corrected chi connectivity index (χ3v) is 5.34. The molecule has 1 saturated heterocycles. The lowest BCUT2D eigenvalue weighted by Gasteiger charge is -2.17. The fourth-order valence-electron chi connectivity index (χ4n) is 3.81. The highest BCUT2D eigenvalue weighted by Crippen LogP contribution is 2.29. The molecule has 0 atom stereocenters. The number of pyridine rings is 1. The molecule has 3 heterocycles. The standard InChI is InChI=1S/C23H21N5O/c29-23(25-18-6-2-1-3-7-18)22-20-13-16(8-9-21(20)26-27-22)17-12-19(15-24-14-17)28-10-4-5-11-28/h1-3,6-9,12-15H,4-5,10-11H2,(H,25,29)(H,26,27). The van der Waals surface area contributed by atoms with Crippen molar-refractivity contribution in [3.05, 3.63) is 72.7 Å². The second-order valence-electron chi connectivity index (χ2n) is 7.28. The molecule has 5 rings (SSSR count). The van der Waals surface area contributed by atoms with E-state index in [1.165, 1.54) is 12.8 Å². The van der Waals surface area contributed by atoms with Gasteiger partial charge in [-0.2, -0.15) is 5.10 Å². The third-order valence-electron chi connectivity index (χ3n) is 5.34. The van der Waals surface area contributed by atoms with Gasteiger partial charge in [0.1, 0.15) is 0 Å². The van der Waals surface area contributed by atoms with E-state index in [1.807, 2.05) is 60.9 Å². The Kier molecular flexibility index (Phi) is 4.44. The van der Waals surface area contributed by atoms with Crippen LogP contribution in [0.25, 0.3) is 22.0 Å². The van der Waals surface area contributed by atoms with Crippen LogP contribution in [0.3, 0.4) is 0 Å². The summed E-state index contributed by atoms with van der Waals surface area (Å²) in [6.45, 7) is 2.16. The van der Waals surface area contributed by atoms with Gasteiger partial charge in [0, 0.05) is 35.9 Å². The first kappa shape index (κ1) is 17.4. The van der Waals surface area contributed by atoms with Crippen molar-refractivity contribution in [2.75, 3.05) is 23.3 Å². The number of H-pyrrole nitrogens is 1. The molecule has 0 radical (unpaired) electrons. The smallest absolute Gasteiger partial charge is 0.276 e. The highest BCUT2D eigenvalue weighted by atomic mass is 16.1. The summed E-state index contributed by atoms with van der Waals surface area (Å²) in [7, 11) is 0. The Hall–Kier alpha value is -3.67. The second-order valence-corrected chi connectivity index (χ2v) is 7.28. The number of amides is 1. The monoisotopic (exact) mass is 383 g/mol. The third kappa shape index (κ3) is 3.45. The van der Waals surface area contributed by atoms with E-state index in [2.05, 4.69) is 31.5 Å². The summed E-state index contributed by atoms with van der Waals surface area (Å²) in [5.41, 5.74) is 5.15. The molecule has 6 heteroatoms. The summed E-state index contributed by atoms with van der Waals surface area (Å²) in [6, 6.07) is 17.6. The predicted octanol–water partition coefficient (Wildman–Crippen LogP) is 4.48. The van der Waals surface area contributed by atoms with Crippen LogP contribution >= 0.6 is 0 Å². The Morgan fingerprint density at radius 3 is 2.62 bits per heavy atom. The Balaban J connectivity index is 1.48. The van der Waals surface area contributed by atoms with Gasteiger partial charge in [-0.05, 0) is 48.7 Å². The second kappa shape index (κ2) is 7.39. The largest absolute Gasteiger partial charge is 0.370 e. The number of aromatic nitrogens is 3. The molecule has 144 valence electrons. The van der Waals surface area contributed by atoms with Gasteiger partial charge in [-0.1, -0.05) is 24.3 Å². The van der Waals surface area contributed by atoms with Crippen molar-refractivity contribution in [2.24, 2.45) is 0 Å². The molecule has 6 nitrogen and oxygen atoms in total. The lowest BCUT2D eigenvalue weighted by Crippen LogP contribution is -2.17. The molecule has 1 aliphatic rings. The molecular weight excluding hydrogens is 362 g/mol. The topological polar surface area (TPSA) is 73.9 Å². The number of hydrogen-bond donors (Lipinski definition) is 2. The minimum absolute atomic E-state index is 0.233. The molecular formula is C23H21N5O. The van der Waals surface area contributed by atoms with Crippen LogP contribution in [-0.4, -0.2) is 34.2 Å². The zero-order valence-electron chi connectivity index (χ0n) is 15.9. The number of aromatic amines is 1. The number of para-hydroxylation sites is 1. The fourth-order valence-corrected chi connectivity index (χ4v) is 3.81. The van der Waals surface area contributed by atoms with Crippen LogP contribution < -0.4 is 10.2 Å². The van der Waals surface area contributed by atoms with Crippen molar-refractivity contribution >= 4 is 28.2 Å². The molecule has 2 N–H and O–H groups in total. The van der Waals surface area contributed by atoms with Crippen LogP contribution in [0.4, 0.5) is 11.4 Å². The summed E-state index contributed by atoms with van der Waals surface area (Å²) >= 11 is 0. The van der Waals surface area contributed by atoms with E-state index in [-0.39, 0.29) is 5.91 Å². The van der Waals surface area contributed by atoms with E-state index in [4.69, 9.17) is 0 Å². The Morgan fingerprint density at radius 2 is 1.79 bits per heavy atom. The van der Waals surface area contributed by atoms with Crippen molar-refractivity contribution < 1.29 is 4.79 Å². The Labute approximate surface area is 168 Å². The van der Waals surface area contributed by atoms with E-state index in [0.29, 0.717) is 5.69 Å². The highest BCUT2D eigenvalue weighted by Gasteiger charge is 2.16. The van der Waals surface area contributed by atoms with Gasteiger partial charge in [-0.15, -0.1) is 0 Å². The summed E-state index contributed by atoms with van der Waals surface area (Å²) in [4.78, 5) is 19.6. The van der Waals surface area contributed by atoms with Gasteiger partial charge >= 0.3 is 0 Å². The summed E-state index contributed by atoms with van der Waals surface area (Å²) in [5.74, 6) is -0.233. The van der Waals surface area contributed by atoms with Gasteiger partial charge < -0.3 is 10.2 Å². The maximum absolute atomic E-state index is 12.8. The van der Waals surface area contributed by atoms with Crippen LogP contribution in [0.2, 0.25) is 0 Å². The molecule has 0 bridgehead atoms. The van der Waals surface area contributed by atoms with Gasteiger partial charge in [0.2, 0.25) is 0 Å². The maximum atomic E-state index is 12.8. The quantitative estimate of drug-likeness (QED) is 0.545. The number of nitrogens with zero attached hydrogens (tertiary/aromatic N) is 3. The van der Waals surface area contributed by atoms with Crippen LogP contribution in [0.5, 0.6) is 0 Å². The van der Waals surface area contributed by atoms with Crippen LogP contribution in [0.1, 0.15) is 23.3 Å². The zero-order chi connectivity index (χ0) is 19.6. The molecule has 1 aliphatic heterocycles. The number of carbonyl (C=O) groups excluding carboxylic acids is 1. The van der Waals surface area contributed by atoms with E-state index in [1.54, 1.807) is 0 Å². The van der Waals surface area contributed by atoms with Crippen LogP contribution in [0.15, 0.2) is 67.0 Å². The first-order chi connectivity index (χ1) is 14.3. The average molecular weight is 383 g/mol. The molecule has 0 spiro atoms. The number of fused-ring (bicyclic) bond motifs is 1. The molecule has 1 amide bonds. The van der Waals surface area contributed by atoms with Gasteiger partial charge in [0.15, 0.2) is 5.69 Å². The van der Waals surface area contributed by atoms with Crippen LogP contribution in [0, 0.1) is 0 Å². The molecule has 1 fully saturated rings. The van der Waals surface area contributed by atoms with Crippen LogP contribution in [-0.2, 0) is 0 Å². The van der Waals surface area contributed by atoms with Crippen molar-refractivity contribution in [1.82, 2.24) is 15.2 Å². The highest BCUT2D eigenvalue weighted by molar-refractivity contribution is 6.11. The number of rotatable bonds is 4. The van der Waals surface area contributed by atoms with Gasteiger partial charge in [-0.3, -0.25) is 14.9 Å². The number of anilines is 2. The van der Waals surface area contributed by atoms with Gasteiger partial charge in [-0.25, -0.2) is 0 Å². The zero-order valence-corrected chi connectivity index (χ0v) is 15.9. The minimum atomic E-state index is -0.233. The van der Waals surface area contributed by atoms with Crippen molar-refractivity contribution in [3.63, 3.8) is 0 Å². The number of nitrogens with one attached hydrogen (secondary N) is 2. The van der Waals surface area contributed by atoms with Crippen molar-refractivity contribution in [2.45, 2.75) is 12.8 Å². The van der Waals surface area contributed by atoms with Gasteiger partial charge in [0.25, 0.3) is 5.91 Å². The molecule has 2 aromatic carbocycles. The van der Waals surface area contributed by atoms with E-state index >= 15 is 0 Å². The molecule has 29 heavy (non-hydrogen) atoms. The lowest BCUT2D eigenvalue weighted by molar-refractivity contribution is 0.102. The van der Waals surface area contributed by atoms with Crippen molar-refractivity contribution in [3.8, 4) is 11.1 Å². The van der Waals surface area contributed by atoms with Gasteiger partial charge in [0.05, 0.1) is 17.4 Å². The molecule has 4 aromatic rings. The molecule has 0 saturated carbocycles. The number of benzene rings is 2. The lowest BCUT2D eigenvalue weighted by atomic mass is 10.0. The summed E-state index contributed by atoms with van der Waals surface area (Å²) < 4.78 is 0. The SMILES string of the molecule is O=C(Nc1ccccc1)c1n[nH]c2ccc(-c3cncc(N4CCCC4)c3)cc12. The number of hydrogen-bond acceptors (Lipinski definition) is 4. The molecule has 0 unspecified atom stereocenters. The summed E-state index contributed by atoms with van der Waals surface area (Å²) in [5, 5.41) is 10.9. The molecule has 2 aromatic heterocycles. The van der Waals surface area contributed by atoms with Crippen molar-refractivity contribution in [1.29, 1.82) is 0 Å². The summed E-state index contributed by atoms with van der Waals surface area (Å²) in [6.07, 6.45) is 6.24. The maximum Gasteiger partial charge on any atom is 0.276 e. The Bertz CT molecular complexity index is 1160. The number of carbonyl (C=O) groups is 1. The van der Waals surface area contributed by atoms with E-state index < -0.39 is 0 Å². The Morgan fingerprint density at radius 1 is 0.966 bits per heavy atom.